The standard InChI is InChI=1S/C17H21N5O/c1-22-10-3-2-6-16(22)13-5-4-9-19-17(13)21-20-15-8-7-12(23)11-14(15)18/h4-5,7-9,11,16,23H,2-3,6,10,18H2,1H3. The van der Waals surface area contributed by atoms with Gasteiger partial charge in [-0.2, -0.15) is 0 Å². The topological polar surface area (TPSA) is 87.1 Å². The zero-order chi connectivity index (χ0) is 16.2. The summed E-state index contributed by atoms with van der Waals surface area (Å²) in [6.45, 7) is 1.08. The van der Waals surface area contributed by atoms with Crippen LogP contribution in [0, 0.1) is 0 Å². The first-order valence-electron chi connectivity index (χ1n) is 7.80. The molecule has 0 bridgehead atoms. The van der Waals surface area contributed by atoms with Gasteiger partial charge in [-0.15, -0.1) is 10.2 Å². The van der Waals surface area contributed by atoms with Gasteiger partial charge in [-0.3, -0.25) is 4.90 Å². The van der Waals surface area contributed by atoms with Crippen molar-refractivity contribution in [3.8, 4) is 5.75 Å². The lowest BCUT2D eigenvalue weighted by molar-refractivity contribution is 0.187. The number of piperidine rings is 1. The Morgan fingerprint density at radius 3 is 2.91 bits per heavy atom. The Bertz CT molecular complexity index is 716. The monoisotopic (exact) mass is 311 g/mol. The fourth-order valence-electron chi connectivity index (χ4n) is 2.96. The lowest BCUT2D eigenvalue weighted by Crippen LogP contribution is -2.29. The third kappa shape index (κ3) is 3.48. The van der Waals surface area contributed by atoms with Gasteiger partial charge in [-0.1, -0.05) is 12.5 Å². The largest absolute Gasteiger partial charge is 0.508 e. The summed E-state index contributed by atoms with van der Waals surface area (Å²) in [5.74, 6) is 0.738. The van der Waals surface area contributed by atoms with Crippen molar-refractivity contribution in [3.63, 3.8) is 0 Å². The van der Waals surface area contributed by atoms with Crippen LogP contribution >= 0.6 is 0 Å². The summed E-state index contributed by atoms with van der Waals surface area (Å²) in [6.07, 6.45) is 5.27. The first-order chi connectivity index (χ1) is 11.1. The highest BCUT2D eigenvalue weighted by Crippen LogP contribution is 2.35. The van der Waals surface area contributed by atoms with Gasteiger partial charge < -0.3 is 10.8 Å². The van der Waals surface area contributed by atoms with E-state index in [0.717, 1.165) is 18.5 Å². The van der Waals surface area contributed by atoms with Gasteiger partial charge in [0.05, 0.1) is 5.69 Å². The quantitative estimate of drug-likeness (QED) is 0.664. The Kier molecular flexibility index (Phi) is 4.52. The van der Waals surface area contributed by atoms with Gasteiger partial charge in [-0.25, -0.2) is 4.98 Å². The van der Waals surface area contributed by atoms with E-state index in [-0.39, 0.29) is 5.75 Å². The highest BCUT2D eigenvalue weighted by molar-refractivity contribution is 5.64. The van der Waals surface area contributed by atoms with Crippen LogP contribution in [-0.2, 0) is 0 Å². The van der Waals surface area contributed by atoms with E-state index in [4.69, 9.17) is 5.73 Å². The summed E-state index contributed by atoms with van der Waals surface area (Å²) in [7, 11) is 2.13. The van der Waals surface area contributed by atoms with E-state index in [9.17, 15) is 5.11 Å². The number of hydrogen-bond donors (Lipinski definition) is 2. The molecule has 2 heterocycles. The normalized spacial score (nSPS) is 19.3. The first kappa shape index (κ1) is 15.4. The van der Waals surface area contributed by atoms with Crippen LogP contribution < -0.4 is 5.73 Å². The molecular formula is C17H21N5O. The number of phenols is 1. The average Bonchev–Trinajstić information content (AvgIpc) is 2.55. The number of aromatic hydroxyl groups is 1. The van der Waals surface area contributed by atoms with Crippen molar-refractivity contribution in [1.29, 1.82) is 0 Å². The number of hydrogen-bond acceptors (Lipinski definition) is 6. The zero-order valence-corrected chi connectivity index (χ0v) is 13.2. The van der Waals surface area contributed by atoms with Crippen molar-refractivity contribution in [2.24, 2.45) is 10.2 Å². The zero-order valence-electron chi connectivity index (χ0n) is 13.2. The third-order valence-corrected chi connectivity index (χ3v) is 4.21. The number of nitrogen functional groups attached to an aromatic ring is 1. The first-order valence-corrected chi connectivity index (χ1v) is 7.80. The number of nitrogens with zero attached hydrogens (tertiary/aromatic N) is 4. The molecule has 120 valence electrons. The molecule has 1 fully saturated rings. The summed E-state index contributed by atoms with van der Waals surface area (Å²) < 4.78 is 0. The van der Waals surface area contributed by atoms with E-state index in [1.54, 1.807) is 18.3 Å². The van der Waals surface area contributed by atoms with Crippen molar-refractivity contribution in [2.75, 3.05) is 19.3 Å². The minimum Gasteiger partial charge on any atom is -0.508 e. The Hall–Kier alpha value is -2.47. The Balaban J connectivity index is 1.89. The number of azo groups is 1. The van der Waals surface area contributed by atoms with Crippen LogP contribution in [-0.4, -0.2) is 28.6 Å². The van der Waals surface area contributed by atoms with Crippen LogP contribution in [0.5, 0.6) is 5.75 Å². The fourth-order valence-corrected chi connectivity index (χ4v) is 2.96. The molecule has 6 nitrogen and oxygen atoms in total. The highest BCUT2D eigenvalue weighted by atomic mass is 16.3. The number of nitrogens with two attached hydrogens (primary N) is 1. The lowest BCUT2D eigenvalue weighted by atomic mass is 9.96. The van der Waals surface area contributed by atoms with Crippen molar-refractivity contribution in [1.82, 2.24) is 9.88 Å². The van der Waals surface area contributed by atoms with Gasteiger partial charge in [0.25, 0.3) is 0 Å². The summed E-state index contributed by atoms with van der Waals surface area (Å²) in [4.78, 5) is 6.72. The maximum atomic E-state index is 9.40. The number of phenolic OH excluding ortho intramolecular Hbond substituents is 1. The number of pyridine rings is 1. The molecule has 1 atom stereocenters. The summed E-state index contributed by atoms with van der Waals surface area (Å²) >= 11 is 0. The Labute approximate surface area is 135 Å². The molecule has 1 aliphatic heterocycles. The Morgan fingerprint density at radius 1 is 1.26 bits per heavy atom. The molecule has 0 spiro atoms. The van der Waals surface area contributed by atoms with Crippen molar-refractivity contribution in [2.45, 2.75) is 25.3 Å². The van der Waals surface area contributed by atoms with Crippen molar-refractivity contribution < 1.29 is 5.11 Å². The van der Waals surface area contributed by atoms with Gasteiger partial charge in [0, 0.05) is 23.9 Å². The Morgan fingerprint density at radius 2 is 2.13 bits per heavy atom. The summed E-state index contributed by atoms with van der Waals surface area (Å²) in [6, 6.07) is 8.97. The van der Waals surface area contributed by atoms with Gasteiger partial charge in [0.15, 0.2) is 5.82 Å². The molecule has 0 saturated carbocycles. The SMILES string of the molecule is CN1CCCCC1c1cccnc1N=Nc1ccc(O)cc1N. The van der Waals surface area contributed by atoms with E-state index in [1.165, 1.54) is 18.9 Å². The van der Waals surface area contributed by atoms with Gasteiger partial charge in [-0.05, 0) is 44.6 Å². The maximum absolute atomic E-state index is 9.40. The highest BCUT2D eigenvalue weighted by Gasteiger charge is 2.23. The third-order valence-electron chi connectivity index (χ3n) is 4.21. The number of likely N-dealkylation sites (tertiary alicyclic amines) is 1. The molecule has 2 aromatic rings. The molecule has 1 aromatic carbocycles. The molecule has 3 N–H and O–H groups in total. The predicted molar refractivity (Wildman–Crippen MR) is 90.2 cm³/mol. The van der Waals surface area contributed by atoms with Crippen molar-refractivity contribution >= 4 is 17.2 Å². The molecule has 23 heavy (non-hydrogen) atoms. The summed E-state index contributed by atoms with van der Waals surface area (Å²) in [5, 5.41) is 17.9. The maximum Gasteiger partial charge on any atom is 0.179 e. The molecule has 1 aliphatic rings. The van der Waals surface area contributed by atoms with Crippen LogP contribution in [0.15, 0.2) is 46.8 Å². The van der Waals surface area contributed by atoms with Crippen LogP contribution in [0.1, 0.15) is 30.9 Å². The van der Waals surface area contributed by atoms with Gasteiger partial charge in [0.2, 0.25) is 0 Å². The summed E-state index contributed by atoms with van der Waals surface area (Å²) in [5.41, 5.74) is 7.85. The van der Waals surface area contributed by atoms with Gasteiger partial charge in [0.1, 0.15) is 11.4 Å². The van der Waals surface area contributed by atoms with Crippen LogP contribution in [0.2, 0.25) is 0 Å². The van der Waals surface area contributed by atoms with Crippen molar-refractivity contribution in [3.05, 3.63) is 42.1 Å². The molecule has 6 heteroatoms. The smallest absolute Gasteiger partial charge is 0.179 e. The number of rotatable bonds is 3. The molecule has 1 saturated heterocycles. The second kappa shape index (κ2) is 6.75. The van der Waals surface area contributed by atoms with Crippen LogP contribution in [0.4, 0.5) is 17.2 Å². The minimum atomic E-state index is 0.115. The molecule has 0 radical (unpaired) electrons. The lowest BCUT2D eigenvalue weighted by Gasteiger charge is -2.32. The van der Waals surface area contributed by atoms with E-state index in [2.05, 4.69) is 33.2 Å². The van der Waals surface area contributed by atoms with Gasteiger partial charge >= 0.3 is 0 Å². The molecule has 3 rings (SSSR count). The molecular weight excluding hydrogens is 290 g/mol. The van der Waals surface area contributed by atoms with Crippen LogP contribution in [0.3, 0.4) is 0 Å². The van der Waals surface area contributed by atoms with E-state index in [0.29, 0.717) is 23.2 Å². The van der Waals surface area contributed by atoms with Crippen LogP contribution in [0.25, 0.3) is 0 Å². The molecule has 0 amide bonds. The molecule has 1 unspecified atom stereocenters. The number of anilines is 1. The van der Waals surface area contributed by atoms with E-state index >= 15 is 0 Å². The predicted octanol–water partition coefficient (Wildman–Crippen LogP) is 3.94. The second-order valence-electron chi connectivity index (χ2n) is 5.85. The van der Waals surface area contributed by atoms with E-state index in [1.807, 2.05) is 6.07 Å². The number of benzene rings is 1. The molecule has 0 aliphatic carbocycles. The minimum absolute atomic E-state index is 0.115. The fraction of sp³-hybridized carbons (Fsp3) is 0.353. The average molecular weight is 311 g/mol. The molecule has 1 aromatic heterocycles. The van der Waals surface area contributed by atoms with E-state index < -0.39 is 0 Å². The second-order valence-corrected chi connectivity index (χ2v) is 5.85. The number of aromatic nitrogens is 1.